The molecule has 61 heavy (non-hydrogen) atoms. The lowest BCUT2D eigenvalue weighted by atomic mass is 9.95. The van der Waals surface area contributed by atoms with Gasteiger partial charge in [-0.25, -0.2) is 14.4 Å². The highest BCUT2D eigenvalue weighted by Gasteiger charge is 2.34. The molecule has 1 aliphatic heterocycles. The number of likely N-dealkylation sites (N-methyl/N-ethyl adjacent to an activating group) is 1. The Bertz CT molecular complexity index is 1880. The smallest absolute Gasteiger partial charge is 0.410 e. The molecular formula is C43H65N7O11. The Morgan fingerprint density at radius 2 is 1.30 bits per heavy atom. The number of nitrogens with one attached hydrogen (secondary N) is 4. The molecule has 1 aliphatic rings. The molecule has 2 aromatic rings. The molecule has 2 unspecified atom stereocenters. The number of phenolic OH excluding ortho intramolecular Hbond substituents is 2. The Morgan fingerprint density at radius 1 is 0.754 bits per heavy atom. The first kappa shape index (κ1) is 49.6. The van der Waals surface area contributed by atoms with Gasteiger partial charge in [-0.05, 0) is 122 Å². The van der Waals surface area contributed by atoms with Crippen LogP contribution in [0.15, 0.2) is 36.4 Å². The van der Waals surface area contributed by atoms with Crippen molar-refractivity contribution in [2.24, 2.45) is 5.73 Å². The van der Waals surface area contributed by atoms with E-state index in [4.69, 9.17) is 19.9 Å². The van der Waals surface area contributed by atoms with Crippen LogP contribution in [0.3, 0.4) is 0 Å². The van der Waals surface area contributed by atoms with Gasteiger partial charge in [-0.3, -0.25) is 14.4 Å². The molecule has 338 valence electrons. The lowest BCUT2D eigenvalue weighted by molar-refractivity contribution is -0.137. The van der Waals surface area contributed by atoms with Gasteiger partial charge in [0.1, 0.15) is 46.4 Å². The largest absolute Gasteiger partial charge is 0.508 e. The van der Waals surface area contributed by atoms with E-state index in [1.807, 2.05) is 0 Å². The van der Waals surface area contributed by atoms with Crippen molar-refractivity contribution in [3.05, 3.63) is 47.5 Å². The molecule has 0 radical (unpaired) electrons. The summed E-state index contributed by atoms with van der Waals surface area (Å²) in [7, 11) is 1.53. The summed E-state index contributed by atoms with van der Waals surface area (Å²) in [6.45, 7) is 15.5. The fraction of sp³-hybridized carbons (Fsp3) is 0.581. The number of hydrogen-bond donors (Lipinski definition) is 7. The summed E-state index contributed by atoms with van der Waals surface area (Å²) in [5.41, 5.74) is 5.25. The Hall–Kier alpha value is -5.78. The number of phenols is 2. The van der Waals surface area contributed by atoms with Crippen molar-refractivity contribution in [2.75, 3.05) is 39.8 Å². The second kappa shape index (κ2) is 21.1. The highest BCUT2D eigenvalue weighted by molar-refractivity contribution is 5.94. The summed E-state index contributed by atoms with van der Waals surface area (Å²) in [6, 6.07) is 5.42. The number of benzene rings is 2. The van der Waals surface area contributed by atoms with E-state index in [0.717, 1.165) is 0 Å². The van der Waals surface area contributed by atoms with Crippen LogP contribution >= 0.6 is 0 Å². The molecule has 4 bridgehead atoms. The molecule has 18 heteroatoms. The molecule has 0 aliphatic carbocycles. The summed E-state index contributed by atoms with van der Waals surface area (Å²) >= 11 is 0. The maximum Gasteiger partial charge on any atom is 0.410 e. The second-order valence-corrected chi connectivity index (χ2v) is 18.0. The maximum absolute atomic E-state index is 14.5. The van der Waals surface area contributed by atoms with Gasteiger partial charge in [0, 0.05) is 52.6 Å². The van der Waals surface area contributed by atoms with Gasteiger partial charge in [-0.2, -0.15) is 0 Å². The van der Waals surface area contributed by atoms with Crippen molar-refractivity contribution in [3.63, 3.8) is 0 Å². The minimum atomic E-state index is -1.37. The van der Waals surface area contributed by atoms with Gasteiger partial charge >= 0.3 is 18.3 Å². The molecule has 18 nitrogen and oxygen atoms in total. The first-order valence-corrected chi connectivity index (χ1v) is 20.4. The van der Waals surface area contributed by atoms with Crippen molar-refractivity contribution in [2.45, 2.75) is 123 Å². The lowest BCUT2D eigenvalue weighted by Crippen LogP contribution is -2.58. The third-order valence-electron chi connectivity index (χ3n) is 9.05. The van der Waals surface area contributed by atoms with Crippen molar-refractivity contribution in [1.29, 1.82) is 0 Å². The zero-order chi connectivity index (χ0) is 45.9. The number of fused-ring (bicyclic) bond motifs is 5. The quantitative estimate of drug-likeness (QED) is 0.126. The number of carbonyl (C=O) groups is 6. The van der Waals surface area contributed by atoms with Crippen LogP contribution in [-0.4, -0.2) is 131 Å². The van der Waals surface area contributed by atoms with Crippen LogP contribution in [0.25, 0.3) is 11.1 Å². The first-order chi connectivity index (χ1) is 28.2. The molecule has 2 aromatic carbocycles. The minimum Gasteiger partial charge on any atom is -0.508 e. The predicted molar refractivity (Wildman–Crippen MR) is 228 cm³/mol. The summed E-state index contributed by atoms with van der Waals surface area (Å²) in [5, 5.41) is 32.8. The van der Waals surface area contributed by atoms with Crippen molar-refractivity contribution in [3.8, 4) is 22.6 Å². The van der Waals surface area contributed by atoms with Crippen molar-refractivity contribution >= 4 is 36.0 Å². The number of carbonyl (C=O) groups excluding carboxylic acids is 6. The van der Waals surface area contributed by atoms with Crippen LogP contribution in [0.1, 0.15) is 86.3 Å². The molecule has 1 heterocycles. The van der Waals surface area contributed by atoms with Crippen LogP contribution in [0.2, 0.25) is 0 Å². The molecule has 0 saturated carbocycles. The number of alkyl carbamates (subject to hydrolysis) is 2. The van der Waals surface area contributed by atoms with Crippen LogP contribution < -0.4 is 27.0 Å². The topological polar surface area (TPSA) is 251 Å². The minimum absolute atomic E-state index is 0.00890. The number of rotatable bonds is 11. The number of nitrogens with two attached hydrogens (primary N) is 1. The molecular weight excluding hydrogens is 791 g/mol. The molecule has 0 aromatic heterocycles. The molecule has 3 atom stereocenters. The summed E-state index contributed by atoms with van der Waals surface area (Å²) in [5.74, 6) is -2.50. The molecule has 0 fully saturated rings. The van der Waals surface area contributed by atoms with E-state index < -0.39 is 70.9 Å². The van der Waals surface area contributed by atoms with Gasteiger partial charge < -0.3 is 61.2 Å². The van der Waals surface area contributed by atoms with Gasteiger partial charge in [0.15, 0.2) is 0 Å². The van der Waals surface area contributed by atoms with Crippen molar-refractivity contribution < 1.29 is 53.2 Å². The monoisotopic (exact) mass is 855 g/mol. The zero-order valence-electron chi connectivity index (χ0n) is 37.1. The van der Waals surface area contributed by atoms with E-state index in [9.17, 15) is 39.0 Å². The van der Waals surface area contributed by atoms with E-state index in [1.54, 1.807) is 86.6 Å². The molecule has 0 spiro atoms. The molecule has 6 amide bonds. The van der Waals surface area contributed by atoms with Crippen LogP contribution in [-0.2, 0) is 41.4 Å². The van der Waals surface area contributed by atoms with E-state index in [1.165, 1.54) is 29.0 Å². The lowest BCUT2D eigenvalue weighted by Gasteiger charge is -2.31. The Morgan fingerprint density at radius 3 is 1.84 bits per heavy atom. The normalized spacial score (nSPS) is 17.3. The van der Waals surface area contributed by atoms with E-state index in [0.29, 0.717) is 16.7 Å². The second-order valence-electron chi connectivity index (χ2n) is 18.0. The summed E-state index contributed by atoms with van der Waals surface area (Å²) < 4.78 is 16.2. The average molecular weight is 856 g/mol. The summed E-state index contributed by atoms with van der Waals surface area (Å²) in [4.78, 5) is 84.1. The van der Waals surface area contributed by atoms with E-state index >= 15 is 0 Å². The van der Waals surface area contributed by atoms with Crippen molar-refractivity contribution in [1.82, 2.24) is 31.1 Å². The van der Waals surface area contributed by atoms with Crippen LogP contribution in [0, 0.1) is 0 Å². The number of hydrogen-bond acceptors (Lipinski definition) is 12. The maximum atomic E-state index is 14.5. The third kappa shape index (κ3) is 16.7. The number of ether oxygens (including phenoxy) is 3. The Kier molecular flexibility index (Phi) is 17.2. The van der Waals surface area contributed by atoms with Gasteiger partial charge in [0.25, 0.3) is 0 Å². The highest BCUT2D eigenvalue weighted by atomic mass is 16.6. The first-order valence-electron chi connectivity index (χ1n) is 20.4. The van der Waals surface area contributed by atoms with Crippen LogP contribution in [0.4, 0.5) is 14.4 Å². The Balaban J connectivity index is 2.11. The van der Waals surface area contributed by atoms with Gasteiger partial charge in [0.05, 0.1) is 0 Å². The fourth-order valence-corrected chi connectivity index (χ4v) is 6.19. The Labute approximate surface area is 358 Å². The number of nitrogens with zero attached hydrogens (tertiary/aromatic N) is 2. The zero-order valence-corrected chi connectivity index (χ0v) is 37.1. The van der Waals surface area contributed by atoms with Crippen LogP contribution in [0.5, 0.6) is 11.5 Å². The number of aromatic hydroxyl groups is 2. The highest BCUT2D eigenvalue weighted by Crippen LogP contribution is 2.31. The average Bonchev–Trinajstić information content (AvgIpc) is 3.12. The fourth-order valence-electron chi connectivity index (χ4n) is 6.19. The van der Waals surface area contributed by atoms with Gasteiger partial charge in [0.2, 0.25) is 17.7 Å². The van der Waals surface area contributed by atoms with E-state index in [-0.39, 0.29) is 75.5 Å². The predicted octanol–water partition coefficient (Wildman–Crippen LogP) is 3.69. The van der Waals surface area contributed by atoms with E-state index in [2.05, 4.69) is 21.3 Å². The molecule has 0 saturated heterocycles. The standard InChI is InChI=1S/C43H65N7O11/c1-41(2,3)59-38(56)45-18-11-12-30-35(53)47-32(37(55)50(19-17-44)21-20-49(10)40(58)61-43(7,8)9)25-29-23-27(14-16-34(29)52)26-13-15-33(51)28(22-26)24-31(36(54)46-30)48-39(57)60-42(4,5)6/h13-16,22-23,30-32,51-52H,11-12,17-21,24-25,44H2,1-10H3,(H,45,56)(H,46,54)(H,47,53)(H,48,57)/t30-,31?,32?/m0/s1. The molecule has 3 rings (SSSR count). The SMILES string of the molecule is CN(CCN(CCN)C(=O)C1Cc2cc(ccc2O)-c2ccc(O)c(c2)CC(NC(=O)OC(C)(C)C)C(=O)N[C@@H](CCCNC(=O)OC(C)(C)C)C(=O)N1)C(=O)OC(C)(C)C. The van der Waals surface area contributed by atoms with Gasteiger partial charge in [-0.1, -0.05) is 12.1 Å². The third-order valence-corrected chi connectivity index (χ3v) is 9.05. The number of amides is 6. The summed E-state index contributed by atoms with van der Waals surface area (Å²) in [6.07, 6.45) is -2.54. The molecule has 8 N–H and O–H groups in total. The van der Waals surface area contributed by atoms with Gasteiger partial charge in [-0.15, -0.1) is 0 Å².